The average molecular weight is 314 g/mol. The molecular formula is C17H15FN2O3. The number of rotatable bonds is 3. The highest BCUT2D eigenvalue weighted by atomic mass is 19.1. The normalized spacial score (nSPS) is 14.9. The maximum Gasteiger partial charge on any atom is 0.338 e. The molecule has 1 aromatic heterocycles. The molecule has 6 heteroatoms. The molecule has 0 radical (unpaired) electrons. The third-order valence-electron chi connectivity index (χ3n) is 3.88. The molecular weight excluding hydrogens is 299 g/mol. The molecule has 1 aliphatic carbocycles. The minimum Gasteiger partial charge on any atom is -0.340 e. The number of pyridine rings is 1. The van der Waals surface area contributed by atoms with Crippen molar-refractivity contribution < 1.29 is 18.8 Å². The van der Waals surface area contributed by atoms with Gasteiger partial charge in [0.1, 0.15) is 5.82 Å². The van der Waals surface area contributed by atoms with Crippen LogP contribution in [-0.4, -0.2) is 16.9 Å². The van der Waals surface area contributed by atoms with Crippen LogP contribution in [0.4, 0.5) is 4.39 Å². The number of halogens is 1. The molecule has 0 unspecified atom stereocenters. The molecule has 1 heterocycles. The molecule has 0 saturated heterocycles. The summed E-state index contributed by atoms with van der Waals surface area (Å²) < 4.78 is 13.2. The highest BCUT2D eigenvalue weighted by Crippen LogP contribution is 2.45. The minimum absolute atomic E-state index is 0.249. The molecule has 0 aliphatic heterocycles. The minimum atomic E-state index is -0.555. The zero-order valence-electron chi connectivity index (χ0n) is 12.5. The van der Waals surface area contributed by atoms with E-state index in [0.717, 1.165) is 12.8 Å². The molecule has 0 spiro atoms. The van der Waals surface area contributed by atoms with Crippen molar-refractivity contribution in [1.29, 1.82) is 0 Å². The van der Waals surface area contributed by atoms with Gasteiger partial charge in [0.15, 0.2) is 0 Å². The predicted molar refractivity (Wildman–Crippen MR) is 80.5 cm³/mol. The lowest BCUT2D eigenvalue weighted by Crippen LogP contribution is -2.30. The number of carbonyl (C=O) groups is 2. The zero-order valence-corrected chi connectivity index (χ0v) is 12.5. The van der Waals surface area contributed by atoms with E-state index in [0.29, 0.717) is 11.3 Å². The van der Waals surface area contributed by atoms with Gasteiger partial charge in [-0.05, 0) is 44.0 Å². The Morgan fingerprint density at radius 2 is 2.04 bits per heavy atom. The molecule has 23 heavy (non-hydrogen) atoms. The number of nitrogens with zero attached hydrogens (tertiary/aromatic N) is 1. The Balaban J connectivity index is 1.64. The fourth-order valence-electron chi connectivity index (χ4n) is 2.01. The van der Waals surface area contributed by atoms with Gasteiger partial charge >= 0.3 is 5.97 Å². The number of aromatic nitrogens is 1. The van der Waals surface area contributed by atoms with Crippen molar-refractivity contribution in [3.05, 3.63) is 54.0 Å². The van der Waals surface area contributed by atoms with Crippen LogP contribution in [0.2, 0.25) is 0 Å². The highest BCUT2D eigenvalue weighted by molar-refractivity contribution is 5.94. The van der Waals surface area contributed by atoms with Gasteiger partial charge in [-0.1, -0.05) is 12.1 Å². The van der Waals surface area contributed by atoms with E-state index in [9.17, 15) is 14.0 Å². The van der Waals surface area contributed by atoms with Crippen LogP contribution < -0.4 is 5.48 Å². The molecule has 0 bridgehead atoms. The summed E-state index contributed by atoms with van der Waals surface area (Å²) in [6.45, 7) is 1.79. The number of hydrogen-bond donors (Lipinski definition) is 1. The lowest BCUT2D eigenvalue weighted by molar-refractivity contribution is -0.155. The fourth-order valence-corrected chi connectivity index (χ4v) is 2.01. The number of hydrogen-bond acceptors (Lipinski definition) is 4. The second kappa shape index (κ2) is 5.79. The molecule has 5 nitrogen and oxygen atoms in total. The molecule has 3 rings (SSSR count). The molecule has 1 saturated carbocycles. The third-order valence-corrected chi connectivity index (χ3v) is 3.88. The smallest absolute Gasteiger partial charge is 0.338 e. The van der Waals surface area contributed by atoms with Crippen molar-refractivity contribution in [1.82, 2.24) is 10.5 Å². The molecule has 2 aromatic rings. The summed E-state index contributed by atoms with van der Waals surface area (Å²) in [5.41, 5.74) is 3.07. The molecule has 0 atom stereocenters. The second-order valence-corrected chi connectivity index (χ2v) is 5.82. The maximum absolute atomic E-state index is 13.2. The van der Waals surface area contributed by atoms with Crippen molar-refractivity contribution in [3.63, 3.8) is 0 Å². The molecule has 1 fully saturated rings. The average Bonchev–Trinajstić information content (AvgIpc) is 3.31. The number of benzene rings is 1. The zero-order chi connectivity index (χ0) is 16.4. The Bertz CT molecular complexity index is 755. The van der Waals surface area contributed by atoms with Gasteiger partial charge in [0.25, 0.3) is 5.91 Å². The van der Waals surface area contributed by atoms with Crippen LogP contribution in [0, 0.1) is 11.2 Å². The van der Waals surface area contributed by atoms with Crippen molar-refractivity contribution in [2.24, 2.45) is 5.41 Å². The van der Waals surface area contributed by atoms with E-state index in [1.165, 1.54) is 24.4 Å². The first-order valence-corrected chi connectivity index (χ1v) is 7.22. The summed E-state index contributed by atoms with van der Waals surface area (Å²) in [6, 6.07) is 9.16. The predicted octanol–water partition coefficient (Wildman–Crippen LogP) is 2.88. The first kappa shape index (κ1) is 15.1. The van der Waals surface area contributed by atoms with Gasteiger partial charge in [-0.2, -0.15) is 5.48 Å². The van der Waals surface area contributed by atoms with Crippen LogP contribution >= 0.6 is 0 Å². The number of amides is 1. The van der Waals surface area contributed by atoms with Crippen LogP contribution in [0.3, 0.4) is 0 Å². The van der Waals surface area contributed by atoms with Gasteiger partial charge in [0.2, 0.25) is 0 Å². The molecule has 1 aromatic carbocycles. The van der Waals surface area contributed by atoms with Gasteiger partial charge in [-0.25, -0.2) is 9.18 Å². The Labute approximate surface area is 132 Å². The molecule has 118 valence electrons. The summed E-state index contributed by atoms with van der Waals surface area (Å²) in [4.78, 5) is 32.5. The number of nitrogens with one attached hydrogen (secondary N) is 1. The molecule has 1 amide bonds. The third kappa shape index (κ3) is 3.36. The van der Waals surface area contributed by atoms with E-state index in [-0.39, 0.29) is 11.4 Å². The summed E-state index contributed by atoms with van der Waals surface area (Å²) >= 11 is 0. The quantitative estimate of drug-likeness (QED) is 0.885. The van der Waals surface area contributed by atoms with Gasteiger partial charge in [-0.3, -0.25) is 9.78 Å². The monoisotopic (exact) mass is 314 g/mol. The van der Waals surface area contributed by atoms with Crippen molar-refractivity contribution in [2.75, 3.05) is 0 Å². The number of carbonyl (C=O) groups excluding carboxylic acids is 2. The lowest BCUT2D eigenvalue weighted by Gasteiger charge is -2.09. The van der Waals surface area contributed by atoms with Crippen molar-refractivity contribution in [3.8, 4) is 11.3 Å². The van der Waals surface area contributed by atoms with Crippen molar-refractivity contribution in [2.45, 2.75) is 19.8 Å². The van der Waals surface area contributed by atoms with Gasteiger partial charge < -0.3 is 4.84 Å². The Hall–Kier alpha value is -2.76. The first-order valence-electron chi connectivity index (χ1n) is 7.22. The Morgan fingerprint density at radius 3 is 2.65 bits per heavy atom. The van der Waals surface area contributed by atoms with Crippen LogP contribution in [0.5, 0.6) is 0 Å². The van der Waals surface area contributed by atoms with E-state index in [1.807, 2.05) is 0 Å². The van der Waals surface area contributed by atoms with Crippen LogP contribution in [0.15, 0.2) is 42.6 Å². The van der Waals surface area contributed by atoms with Gasteiger partial charge in [0, 0.05) is 11.8 Å². The Kier molecular flexibility index (Phi) is 3.82. The van der Waals surface area contributed by atoms with Gasteiger partial charge in [0.05, 0.1) is 16.7 Å². The summed E-state index contributed by atoms with van der Waals surface area (Å²) in [7, 11) is 0. The van der Waals surface area contributed by atoms with E-state index in [4.69, 9.17) is 4.84 Å². The topological polar surface area (TPSA) is 68.3 Å². The molecule has 1 N–H and O–H groups in total. The maximum atomic E-state index is 13.2. The van der Waals surface area contributed by atoms with E-state index >= 15 is 0 Å². The summed E-state index contributed by atoms with van der Waals surface area (Å²) in [5, 5.41) is 0. The van der Waals surface area contributed by atoms with Gasteiger partial charge in [-0.15, -0.1) is 0 Å². The number of hydroxylamine groups is 1. The highest BCUT2D eigenvalue weighted by Gasteiger charge is 2.47. The Morgan fingerprint density at radius 1 is 1.26 bits per heavy atom. The SMILES string of the molecule is CC1(C(=O)ONC(=O)c2ccc(-c3cccc(F)c3)nc2)CC1. The van der Waals surface area contributed by atoms with Crippen LogP contribution in [0.25, 0.3) is 11.3 Å². The van der Waals surface area contributed by atoms with Crippen LogP contribution in [-0.2, 0) is 9.63 Å². The van der Waals surface area contributed by atoms with Crippen LogP contribution in [0.1, 0.15) is 30.1 Å². The summed E-state index contributed by atoms with van der Waals surface area (Å²) in [6.07, 6.45) is 2.89. The lowest BCUT2D eigenvalue weighted by atomic mass is 10.1. The molecule has 1 aliphatic rings. The van der Waals surface area contributed by atoms with E-state index in [1.54, 1.807) is 25.1 Å². The standard InChI is InChI=1S/C17H15FN2O3/c1-17(7-8-17)16(22)23-20-15(21)12-5-6-14(19-10-12)11-3-2-4-13(18)9-11/h2-6,9-10H,7-8H2,1H3,(H,20,21). The second-order valence-electron chi connectivity index (χ2n) is 5.82. The largest absolute Gasteiger partial charge is 0.340 e. The van der Waals surface area contributed by atoms with E-state index < -0.39 is 17.3 Å². The first-order chi connectivity index (χ1) is 11.0. The summed E-state index contributed by atoms with van der Waals surface area (Å²) in [5.74, 6) is -1.34. The van der Waals surface area contributed by atoms with Crippen molar-refractivity contribution >= 4 is 11.9 Å². The van der Waals surface area contributed by atoms with E-state index in [2.05, 4.69) is 10.5 Å². The fraction of sp³-hybridized carbons (Fsp3) is 0.235.